The van der Waals surface area contributed by atoms with Gasteiger partial charge in [0.2, 0.25) is 5.91 Å². The lowest BCUT2D eigenvalue weighted by atomic mass is 10.0. The summed E-state index contributed by atoms with van der Waals surface area (Å²) >= 11 is 1.26. The second kappa shape index (κ2) is 13.4. The fourth-order valence-electron chi connectivity index (χ4n) is 2.70. The Morgan fingerprint density at radius 1 is 1.03 bits per heavy atom. The van der Waals surface area contributed by atoms with E-state index in [1.165, 1.54) is 25.6 Å². The van der Waals surface area contributed by atoms with Crippen molar-refractivity contribution in [1.82, 2.24) is 5.32 Å². The van der Waals surface area contributed by atoms with Crippen molar-refractivity contribution in [1.29, 1.82) is 0 Å². The maximum Gasteiger partial charge on any atom is 0.303 e. The van der Waals surface area contributed by atoms with Crippen molar-refractivity contribution in [3.63, 3.8) is 0 Å². The number of nitrogens with one attached hydrogen (secondary N) is 1. The van der Waals surface area contributed by atoms with E-state index in [0.29, 0.717) is 12.4 Å². The minimum atomic E-state index is -1.20. The SMILES string of the molecule is CC(=O)O[C@@H]1[C@@H](OC(C)=O)[C@@H](O)[C@H](SCCOCCNC(=O)CCC(=O)O)O[C@H]1C. The number of hydrogen-bond acceptors (Lipinski definition) is 10. The molecule has 1 rings (SSSR count). The summed E-state index contributed by atoms with van der Waals surface area (Å²) in [4.78, 5) is 44.4. The number of carbonyl (C=O) groups is 4. The number of ether oxygens (including phenoxy) is 4. The van der Waals surface area contributed by atoms with Crippen LogP contribution < -0.4 is 5.32 Å². The number of carboxylic acid groups (broad SMARTS) is 1. The molecule has 0 saturated carbocycles. The van der Waals surface area contributed by atoms with Gasteiger partial charge in [0.25, 0.3) is 0 Å². The Hall–Kier alpha value is -1.89. The molecule has 0 aromatic rings. The molecule has 30 heavy (non-hydrogen) atoms. The molecule has 0 bridgehead atoms. The van der Waals surface area contributed by atoms with Crippen LogP contribution in [0.2, 0.25) is 0 Å². The number of aliphatic hydroxyl groups excluding tert-OH is 1. The van der Waals surface area contributed by atoms with E-state index in [1.807, 2.05) is 0 Å². The molecule has 1 amide bonds. The molecule has 0 unspecified atom stereocenters. The molecule has 1 aliphatic rings. The monoisotopic (exact) mass is 451 g/mol. The van der Waals surface area contributed by atoms with Crippen molar-refractivity contribution in [3.05, 3.63) is 0 Å². The highest BCUT2D eigenvalue weighted by Gasteiger charge is 2.47. The standard InChI is InChI=1S/C18H29NO10S/c1-10-16(28-11(2)20)17(29-12(3)21)15(25)18(27-10)30-9-8-26-7-6-19-13(22)4-5-14(23)24/h10,15-18,25H,4-9H2,1-3H3,(H,19,22)(H,23,24)/t10-,15+,16-,17-,18-/m0/s1. The quantitative estimate of drug-likeness (QED) is 0.264. The Morgan fingerprint density at radius 2 is 1.67 bits per heavy atom. The summed E-state index contributed by atoms with van der Waals surface area (Å²) in [6.45, 7) is 4.88. The van der Waals surface area contributed by atoms with Gasteiger partial charge in [-0.2, -0.15) is 0 Å². The van der Waals surface area contributed by atoms with E-state index in [4.69, 9.17) is 24.1 Å². The third-order valence-corrected chi connectivity index (χ3v) is 5.12. The zero-order valence-corrected chi connectivity index (χ0v) is 18.0. The molecule has 0 aliphatic carbocycles. The Labute approximate surface area is 178 Å². The molecule has 1 heterocycles. The third kappa shape index (κ3) is 9.74. The van der Waals surface area contributed by atoms with Crippen molar-refractivity contribution in [2.45, 2.75) is 63.5 Å². The van der Waals surface area contributed by atoms with Crippen molar-refractivity contribution in [2.75, 3.05) is 25.5 Å². The first-order valence-corrected chi connectivity index (χ1v) is 10.5. The largest absolute Gasteiger partial charge is 0.481 e. The molecule has 3 N–H and O–H groups in total. The van der Waals surface area contributed by atoms with E-state index >= 15 is 0 Å². The maximum atomic E-state index is 11.4. The van der Waals surface area contributed by atoms with E-state index < -0.39 is 47.8 Å². The van der Waals surface area contributed by atoms with Gasteiger partial charge in [-0.1, -0.05) is 0 Å². The number of carbonyl (C=O) groups excluding carboxylic acids is 3. The highest BCUT2D eigenvalue weighted by atomic mass is 32.2. The van der Waals surface area contributed by atoms with Crippen LogP contribution in [-0.4, -0.2) is 89.4 Å². The number of amides is 1. The molecular weight excluding hydrogens is 422 g/mol. The lowest BCUT2D eigenvalue weighted by Gasteiger charge is -2.42. The highest BCUT2D eigenvalue weighted by Crippen LogP contribution is 2.31. The molecule has 1 fully saturated rings. The molecule has 0 aromatic heterocycles. The summed E-state index contributed by atoms with van der Waals surface area (Å²) in [6.07, 6.45) is -4.07. The van der Waals surface area contributed by atoms with Crippen LogP contribution in [-0.2, 0) is 38.1 Å². The van der Waals surface area contributed by atoms with Crippen LogP contribution in [0.3, 0.4) is 0 Å². The Kier molecular flexibility index (Phi) is 11.7. The molecule has 1 aliphatic heterocycles. The van der Waals surface area contributed by atoms with E-state index in [0.717, 1.165) is 0 Å². The van der Waals surface area contributed by atoms with Crippen LogP contribution in [0.15, 0.2) is 0 Å². The molecule has 0 spiro atoms. The van der Waals surface area contributed by atoms with Gasteiger partial charge in [-0.3, -0.25) is 19.2 Å². The third-order valence-electron chi connectivity index (χ3n) is 4.00. The van der Waals surface area contributed by atoms with Gasteiger partial charge in [-0.25, -0.2) is 0 Å². The molecule has 0 radical (unpaired) electrons. The second-order valence-corrected chi connectivity index (χ2v) is 7.78. The maximum absolute atomic E-state index is 11.4. The average Bonchev–Trinajstić information content (AvgIpc) is 2.65. The van der Waals surface area contributed by atoms with E-state index in [-0.39, 0.29) is 31.9 Å². The Morgan fingerprint density at radius 3 is 2.27 bits per heavy atom. The number of carboxylic acids is 1. The van der Waals surface area contributed by atoms with Gasteiger partial charge < -0.3 is 34.5 Å². The lowest BCUT2D eigenvalue weighted by molar-refractivity contribution is -0.221. The number of hydrogen-bond donors (Lipinski definition) is 3. The zero-order valence-electron chi connectivity index (χ0n) is 17.2. The Bertz CT molecular complexity index is 602. The van der Waals surface area contributed by atoms with Crippen molar-refractivity contribution < 1.29 is 48.3 Å². The van der Waals surface area contributed by atoms with Gasteiger partial charge >= 0.3 is 17.9 Å². The molecule has 172 valence electrons. The smallest absolute Gasteiger partial charge is 0.303 e. The minimum absolute atomic E-state index is 0.0852. The fraction of sp³-hybridized carbons (Fsp3) is 0.778. The predicted octanol–water partition coefficient (Wildman–Crippen LogP) is -0.314. The first kappa shape index (κ1) is 26.1. The molecule has 11 nitrogen and oxygen atoms in total. The second-order valence-electron chi connectivity index (χ2n) is 6.58. The molecule has 0 aromatic carbocycles. The van der Waals surface area contributed by atoms with Crippen molar-refractivity contribution >= 4 is 35.6 Å². The van der Waals surface area contributed by atoms with Gasteiger partial charge in [-0.15, -0.1) is 11.8 Å². The number of rotatable bonds is 12. The first-order chi connectivity index (χ1) is 14.1. The molecular formula is C18H29NO10S. The highest BCUT2D eigenvalue weighted by molar-refractivity contribution is 7.99. The first-order valence-electron chi connectivity index (χ1n) is 9.47. The van der Waals surface area contributed by atoms with Gasteiger partial charge in [0, 0.05) is 32.6 Å². The van der Waals surface area contributed by atoms with Crippen LogP contribution in [0.4, 0.5) is 0 Å². The van der Waals surface area contributed by atoms with E-state index in [2.05, 4.69) is 5.32 Å². The van der Waals surface area contributed by atoms with Crippen LogP contribution in [0.1, 0.15) is 33.6 Å². The van der Waals surface area contributed by atoms with Crippen LogP contribution in [0, 0.1) is 0 Å². The lowest BCUT2D eigenvalue weighted by Crippen LogP contribution is -2.58. The summed E-state index contributed by atoms with van der Waals surface area (Å²) in [5.74, 6) is -2.12. The van der Waals surface area contributed by atoms with Crippen molar-refractivity contribution in [3.8, 4) is 0 Å². The van der Waals surface area contributed by atoms with E-state index in [9.17, 15) is 24.3 Å². The minimum Gasteiger partial charge on any atom is -0.481 e. The Balaban J connectivity index is 2.36. The zero-order chi connectivity index (χ0) is 22.7. The molecule has 12 heteroatoms. The van der Waals surface area contributed by atoms with Gasteiger partial charge in [0.15, 0.2) is 12.2 Å². The van der Waals surface area contributed by atoms with Gasteiger partial charge in [-0.05, 0) is 6.92 Å². The normalized spacial score (nSPS) is 25.9. The van der Waals surface area contributed by atoms with Crippen LogP contribution in [0.25, 0.3) is 0 Å². The average molecular weight is 451 g/mol. The summed E-state index contributed by atoms with van der Waals surface area (Å²) < 4.78 is 21.4. The van der Waals surface area contributed by atoms with Gasteiger partial charge in [0.1, 0.15) is 11.5 Å². The topological polar surface area (TPSA) is 158 Å². The predicted molar refractivity (Wildman–Crippen MR) is 105 cm³/mol. The summed E-state index contributed by atoms with van der Waals surface area (Å²) in [5, 5.41) is 21.6. The number of aliphatic hydroxyl groups is 1. The van der Waals surface area contributed by atoms with Crippen molar-refractivity contribution in [2.24, 2.45) is 0 Å². The fourth-order valence-corrected chi connectivity index (χ4v) is 3.76. The number of esters is 2. The summed E-state index contributed by atoms with van der Waals surface area (Å²) in [6, 6.07) is 0. The van der Waals surface area contributed by atoms with Crippen LogP contribution in [0.5, 0.6) is 0 Å². The van der Waals surface area contributed by atoms with E-state index in [1.54, 1.807) is 6.92 Å². The summed E-state index contributed by atoms with van der Waals surface area (Å²) in [7, 11) is 0. The molecule has 5 atom stereocenters. The summed E-state index contributed by atoms with van der Waals surface area (Å²) in [5.41, 5.74) is -0.713. The van der Waals surface area contributed by atoms with Gasteiger partial charge in [0.05, 0.1) is 25.7 Å². The number of thioether (sulfide) groups is 1. The number of aliphatic carboxylic acids is 1. The van der Waals surface area contributed by atoms with Crippen LogP contribution >= 0.6 is 11.8 Å². The molecule has 1 saturated heterocycles.